The van der Waals surface area contributed by atoms with Gasteiger partial charge in [0.25, 0.3) is 0 Å². The Bertz CT molecular complexity index is 872. The van der Waals surface area contributed by atoms with Crippen LogP contribution in [-0.2, 0) is 14.3 Å². The van der Waals surface area contributed by atoms with Crippen molar-refractivity contribution in [2.75, 3.05) is 17.7 Å². The molecule has 134 valence electrons. The molecule has 0 saturated heterocycles. The Morgan fingerprint density at radius 2 is 1.65 bits per heavy atom. The normalized spacial score (nSPS) is 14.2. The number of methoxy groups -OCH3 is 1. The highest BCUT2D eigenvalue weighted by Crippen LogP contribution is 2.47. The Morgan fingerprint density at radius 3 is 2.31 bits per heavy atom. The van der Waals surface area contributed by atoms with Crippen LogP contribution in [-0.4, -0.2) is 24.9 Å². The molecular formula is C20H20N2O4. The number of hydrogen-bond donors (Lipinski definition) is 2. The Morgan fingerprint density at radius 1 is 0.962 bits per heavy atom. The maximum absolute atomic E-state index is 12.7. The van der Waals surface area contributed by atoms with Crippen molar-refractivity contribution in [2.45, 2.75) is 19.8 Å². The monoisotopic (exact) mass is 352 g/mol. The zero-order valence-electron chi connectivity index (χ0n) is 14.7. The number of nitrogens with one attached hydrogen (secondary N) is 2. The van der Waals surface area contributed by atoms with Crippen LogP contribution in [0.2, 0.25) is 0 Å². The molecule has 0 aromatic heterocycles. The predicted molar refractivity (Wildman–Crippen MR) is 97.9 cm³/mol. The van der Waals surface area contributed by atoms with Crippen LogP contribution in [0.1, 0.15) is 28.8 Å². The first-order valence-corrected chi connectivity index (χ1v) is 8.33. The first-order chi connectivity index (χ1) is 12.5. The van der Waals surface area contributed by atoms with Crippen molar-refractivity contribution in [3.8, 4) is 0 Å². The van der Waals surface area contributed by atoms with Crippen molar-refractivity contribution in [3.63, 3.8) is 0 Å². The van der Waals surface area contributed by atoms with Crippen LogP contribution in [0.5, 0.6) is 0 Å². The molecule has 2 amide bonds. The van der Waals surface area contributed by atoms with Gasteiger partial charge in [-0.3, -0.25) is 9.59 Å². The number of ether oxygens (including phenoxy) is 1. The molecule has 0 atom stereocenters. The third kappa shape index (κ3) is 3.44. The van der Waals surface area contributed by atoms with E-state index in [2.05, 4.69) is 15.4 Å². The molecule has 2 aromatic carbocycles. The van der Waals surface area contributed by atoms with E-state index in [4.69, 9.17) is 0 Å². The average Bonchev–Trinajstić information content (AvgIpc) is 3.45. The molecule has 0 aliphatic heterocycles. The standard InChI is InChI=1S/C20H20N2O4/c1-13-6-3-4-9-16(13)22-19(25)20(10-11-20)18(24)21-15-8-5-7-14(12-15)17(23)26-2/h3-9,12H,10-11H2,1-2H3,(H,21,24)(H,22,25). The molecule has 2 aromatic rings. The van der Waals surface area contributed by atoms with E-state index in [1.54, 1.807) is 24.3 Å². The van der Waals surface area contributed by atoms with E-state index in [-0.39, 0.29) is 11.8 Å². The van der Waals surface area contributed by atoms with Gasteiger partial charge in [-0.15, -0.1) is 0 Å². The van der Waals surface area contributed by atoms with Gasteiger partial charge in [-0.05, 0) is 49.6 Å². The van der Waals surface area contributed by atoms with Crippen molar-refractivity contribution in [1.29, 1.82) is 0 Å². The summed E-state index contributed by atoms with van der Waals surface area (Å²) in [7, 11) is 1.29. The minimum atomic E-state index is -1.07. The first-order valence-electron chi connectivity index (χ1n) is 8.33. The molecule has 0 spiro atoms. The van der Waals surface area contributed by atoms with Crippen LogP contribution in [0.3, 0.4) is 0 Å². The lowest BCUT2D eigenvalue weighted by molar-refractivity contribution is -0.131. The Kier molecular flexibility index (Phi) is 4.75. The van der Waals surface area contributed by atoms with Crippen LogP contribution in [0.25, 0.3) is 0 Å². The summed E-state index contributed by atoms with van der Waals surface area (Å²) in [5, 5.41) is 5.58. The van der Waals surface area contributed by atoms with Crippen molar-refractivity contribution >= 4 is 29.2 Å². The van der Waals surface area contributed by atoms with Gasteiger partial charge in [0.1, 0.15) is 5.41 Å². The quantitative estimate of drug-likeness (QED) is 0.639. The topological polar surface area (TPSA) is 84.5 Å². The van der Waals surface area contributed by atoms with Crippen LogP contribution in [0.4, 0.5) is 11.4 Å². The van der Waals surface area contributed by atoms with Crippen molar-refractivity contribution in [3.05, 3.63) is 59.7 Å². The van der Waals surface area contributed by atoms with Crippen LogP contribution >= 0.6 is 0 Å². The first kappa shape index (κ1) is 17.7. The summed E-state index contributed by atoms with van der Waals surface area (Å²) < 4.78 is 4.68. The summed E-state index contributed by atoms with van der Waals surface area (Å²) in [5.41, 5.74) is 1.35. The van der Waals surface area contributed by atoms with E-state index in [1.807, 2.05) is 25.1 Å². The molecule has 1 aliphatic rings. The molecule has 26 heavy (non-hydrogen) atoms. The predicted octanol–water partition coefficient (Wildman–Crippen LogP) is 3.14. The van der Waals surface area contributed by atoms with Gasteiger partial charge in [-0.25, -0.2) is 4.79 Å². The number of carbonyl (C=O) groups is 3. The van der Waals surface area contributed by atoms with Gasteiger partial charge in [0.05, 0.1) is 12.7 Å². The number of aryl methyl sites for hydroxylation is 1. The SMILES string of the molecule is COC(=O)c1cccc(NC(=O)C2(C(=O)Nc3ccccc3C)CC2)c1. The van der Waals surface area contributed by atoms with E-state index in [0.29, 0.717) is 29.8 Å². The molecule has 1 aliphatic carbocycles. The second kappa shape index (κ2) is 7.00. The fourth-order valence-electron chi connectivity index (χ4n) is 2.73. The minimum absolute atomic E-state index is 0.312. The van der Waals surface area contributed by atoms with Crippen molar-refractivity contribution in [2.24, 2.45) is 5.41 Å². The number of carbonyl (C=O) groups excluding carboxylic acids is 3. The molecule has 6 nitrogen and oxygen atoms in total. The largest absolute Gasteiger partial charge is 0.465 e. The maximum Gasteiger partial charge on any atom is 0.337 e. The van der Waals surface area contributed by atoms with Crippen LogP contribution in [0.15, 0.2) is 48.5 Å². The van der Waals surface area contributed by atoms with E-state index in [1.165, 1.54) is 13.2 Å². The second-order valence-electron chi connectivity index (χ2n) is 6.38. The van der Waals surface area contributed by atoms with Gasteiger partial charge in [0.15, 0.2) is 0 Å². The lowest BCUT2D eigenvalue weighted by atomic mass is 10.0. The second-order valence-corrected chi connectivity index (χ2v) is 6.38. The molecule has 0 bridgehead atoms. The van der Waals surface area contributed by atoms with Gasteiger partial charge in [0.2, 0.25) is 11.8 Å². The van der Waals surface area contributed by atoms with E-state index in [0.717, 1.165) is 5.56 Å². The number of esters is 1. The molecule has 0 heterocycles. The number of anilines is 2. The zero-order chi connectivity index (χ0) is 18.7. The van der Waals surface area contributed by atoms with Gasteiger partial charge >= 0.3 is 5.97 Å². The lowest BCUT2D eigenvalue weighted by Gasteiger charge is -2.16. The average molecular weight is 352 g/mol. The van der Waals surface area contributed by atoms with Crippen LogP contribution in [0, 0.1) is 12.3 Å². The Labute approximate surface area is 151 Å². The molecule has 3 rings (SSSR count). The summed E-state index contributed by atoms with van der Waals surface area (Å²) >= 11 is 0. The van der Waals surface area contributed by atoms with Crippen LogP contribution < -0.4 is 10.6 Å². The number of amides is 2. The number of para-hydroxylation sites is 1. The highest BCUT2D eigenvalue weighted by atomic mass is 16.5. The van der Waals surface area contributed by atoms with Gasteiger partial charge in [0, 0.05) is 11.4 Å². The molecular weight excluding hydrogens is 332 g/mol. The molecule has 1 fully saturated rings. The number of benzene rings is 2. The minimum Gasteiger partial charge on any atom is -0.465 e. The van der Waals surface area contributed by atoms with Gasteiger partial charge in [-0.1, -0.05) is 24.3 Å². The molecule has 6 heteroatoms. The molecule has 0 radical (unpaired) electrons. The number of rotatable bonds is 5. The molecule has 2 N–H and O–H groups in total. The molecule has 1 saturated carbocycles. The Balaban J connectivity index is 1.72. The zero-order valence-corrected chi connectivity index (χ0v) is 14.7. The highest BCUT2D eigenvalue weighted by molar-refractivity contribution is 6.17. The van der Waals surface area contributed by atoms with E-state index < -0.39 is 11.4 Å². The summed E-state index contributed by atoms with van der Waals surface area (Å²) in [6, 6.07) is 13.9. The molecule has 0 unspecified atom stereocenters. The van der Waals surface area contributed by atoms with Crippen molar-refractivity contribution in [1.82, 2.24) is 0 Å². The fraction of sp³-hybridized carbons (Fsp3) is 0.250. The summed E-state index contributed by atoms with van der Waals surface area (Å²) in [6.45, 7) is 1.90. The third-order valence-electron chi connectivity index (χ3n) is 4.55. The fourth-order valence-corrected chi connectivity index (χ4v) is 2.73. The van der Waals surface area contributed by atoms with Crippen molar-refractivity contribution < 1.29 is 19.1 Å². The third-order valence-corrected chi connectivity index (χ3v) is 4.55. The summed E-state index contributed by atoms with van der Waals surface area (Å²) in [4.78, 5) is 36.9. The highest BCUT2D eigenvalue weighted by Gasteiger charge is 2.56. The lowest BCUT2D eigenvalue weighted by Crippen LogP contribution is -2.35. The maximum atomic E-state index is 12.7. The Hall–Kier alpha value is -3.15. The number of hydrogen-bond acceptors (Lipinski definition) is 4. The van der Waals surface area contributed by atoms with E-state index in [9.17, 15) is 14.4 Å². The van der Waals surface area contributed by atoms with Gasteiger partial charge in [-0.2, -0.15) is 0 Å². The summed E-state index contributed by atoms with van der Waals surface area (Å²) in [5.74, 6) is -1.17. The van der Waals surface area contributed by atoms with E-state index >= 15 is 0 Å². The summed E-state index contributed by atoms with van der Waals surface area (Å²) in [6.07, 6.45) is 0.987. The smallest absolute Gasteiger partial charge is 0.337 e. The van der Waals surface area contributed by atoms with Gasteiger partial charge < -0.3 is 15.4 Å².